The fourth-order valence-electron chi connectivity index (χ4n) is 3.05. The number of hydrogen-bond acceptors (Lipinski definition) is 6. The molecule has 2 aromatic carbocycles. The van der Waals surface area contributed by atoms with Crippen molar-refractivity contribution in [2.75, 3.05) is 31.4 Å². The molecule has 1 heterocycles. The molecule has 0 atom stereocenters. The number of carbonyl (C=O) groups is 1. The van der Waals surface area contributed by atoms with Crippen LogP contribution in [0.4, 0.5) is 5.69 Å². The predicted octanol–water partition coefficient (Wildman–Crippen LogP) is 3.57. The summed E-state index contributed by atoms with van der Waals surface area (Å²) < 4.78 is 41.5. The average molecular weight is 434 g/mol. The van der Waals surface area contributed by atoms with Gasteiger partial charge in [0.05, 0.1) is 23.4 Å². The monoisotopic (exact) mass is 433 g/mol. The summed E-state index contributed by atoms with van der Waals surface area (Å²) in [4.78, 5) is 12.6. The number of rotatable bonds is 6. The Balaban J connectivity index is 1.70. The van der Waals surface area contributed by atoms with Gasteiger partial charge in [0.1, 0.15) is 19.0 Å². The van der Waals surface area contributed by atoms with Crippen LogP contribution >= 0.6 is 0 Å². The van der Waals surface area contributed by atoms with Gasteiger partial charge >= 0.3 is 0 Å². The van der Waals surface area contributed by atoms with Crippen LogP contribution in [0.1, 0.15) is 32.8 Å². The first-order valence-corrected chi connectivity index (χ1v) is 11.4. The van der Waals surface area contributed by atoms with Gasteiger partial charge < -0.3 is 19.5 Å². The third-order valence-corrected chi connectivity index (χ3v) is 6.52. The molecule has 30 heavy (non-hydrogen) atoms. The lowest BCUT2D eigenvalue weighted by Crippen LogP contribution is -2.19. The van der Waals surface area contributed by atoms with Crippen molar-refractivity contribution < 1.29 is 27.4 Å². The van der Waals surface area contributed by atoms with E-state index in [1.165, 1.54) is 19.2 Å². The molecule has 8 heteroatoms. The molecule has 2 aromatic rings. The lowest BCUT2D eigenvalue weighted by Gasteiger charge is -2.21. The van der Waals surface area contributed by atoms with Crippen LogP contribution in [0.3, 0.4) is 0 Å². The zero-order valence-electron chi connectivity index (χ0n) is 17.7. The molecule has 0 unspecified atom stereocenters. The fraction of sp³-hybridized carbons (Fsp3) is 0.409. The molecular weight excluding hydrogens is 406 g/mol. The number of benzene rings is 2. The SMILES string of the molecule is COc1ccc(C(C)(C)C)cc1NC(=O)CCS(=O)(=O)c1ccc2c(c1)OCCO2. The Hall–Kier alpha value is -2.74. The maximum absolute atomic E-state index is 12.7. The van der Waals surface area contributed by atoms with Gasteiger partial charge in [-0.1, -0.05) is 26.8 Å². The average Bonchev–Trinajstić information content (AvgIpc) is 2.71. The van der Waals surface area contributed by atoms with E-state index in [4.69, 9.17) is 14.2 Å². The molecule has 0 fully saturated rings. The minimum Gasteiger partial charge on any atom is -0.495 e. The molecular formula is C22H27NO6S. The van der Waals surface area contributed by atoms with Crippen LogP contribution in [0.5, 0.6) is 17.2 Å². The Morgan fingerprint density at radius 3 is 2.43 bits per heavy atom. The normalized spacial score (nSPS) is 13.6. The lowest BCUT2D eigenvalue weighted by molar-refractivity contribution is -0.115. The van der Waals surface area contributed by atoms with E-state index in [0.717, 1.165) is 5.56 Å². The fourth-order valence-corrected chi connectivity index (χ4v) is 4.30. The topological polar surface area (TPSA) is 90.9 Å². The first-order valence-electron chi connectivity index (χ1n) is 9.71. The number of fused-ring (bicyclic) bond motifs is 1. The lowest BCUT2D eigenvalue weighted by atomic mass is 9.87. The minimum absolute atomic E-state index is 0.104. The predicted molar refractivity (Wildman–Crippen MR) is 114 cm³/mol. The molecule has 0 radical (unpaired) electrons. The first-order chi connectivity index (χ1) is 14.1. The van der Waals surface area contributed by atoms with Crippen LogP contribution in [0.15, 0.2) is 41.3 Å². The summed E-state index contributed by atoms with van der Waals surface area (Å²) in [7, 11) is -2.13. The molecule has 1 aliphatic heterocycles. The number of anilines is 1. The van der Waals surface area contributed by atoms with Gasteiger partial charge in [-0.25, -0.2) is 8.42 Å². The highest BCUT2D eigenvalue weighted by Gasteiger charge is 2.22. The molecule has 1 amide bonds. The zero-order valence-corrected chi connectivity index (χ0v) is 18.5. The summed E-state index contributed by atoms with van der Waals surface area (Å²) in [6.45, 7) is 7.01. The number of hydrogen-bond donors (Lipinski definition) is 1. The van der Waals surface area contributed by atoms with Crippen molar-refractivity contribution in [3.05, 3.63) is 42.0 Å². The standard InChI is InChI=1S/C22H27NO6S/c1-22(2,3)15-5-7-18(27-4)17(13-15)23-21(24)9-12-30(25,26)16-6-8-19-20(14-16)29-11-10-28-19/h5-8,13-14H,9-12H2,1-4H3,(H,23,24). The second-order valence-electron chi connectivity index (χ2n) is 8.09. The molecule has 0 aromatic heterocycles. The Morgan fingerprint density at radius 2 is 1.77 bits per heavy atom. The molecule has 0 spiro atoms. The van der Waals surface area contributed by atoms with E-state index in [1.807, 2.05) is 12.1 Å². The van der Waals surface area contributed by atoms with E-state index in [-0.39, 0.29) is 22.5 Å². The van der Waals surface area contributed by atoms with Crippen LogP contribution in [0.2, 0.25) is 0 Å². The van der Waals surface area contributed by atoms with E-state index < -0.39 is 15.7 Å². The minimum atomic E-state index is -3.66. The van der Waals surface area contributed by atoms with Crippen LogP contribution in [0.25, 0.3) is 0 Å². The largest absolute Gasteiger partial charge is 0.495 e. The Morgan fingerprint density at radius 1 is 1.07 bits per heavy atom. The van der Waals surface area contributed by atoms with Crippen LogP contribution in [-0.2, 0) is 20.0 Å². The second-order valence-corrected chi connectivity index (χ2v) is 10.2. The summed E-state index contributed by atoms with van der Waals surface area (Å²) in [5.74, 6) is 0.713. The number of sulfone groups is 1. The smallest absolute Gasteiger partial charge is 0.225 e. The molecule has 0 saturated heterocycles. The zero-order chi connectivity index (χ0) is 21.9. The Labute approximate surface area is 177 Å². The second kappa shape index (κ2) is 8.55. The quantitative estimate of drug-likeness (QED) is 0.749. The van der Waals surface area contributed by atoms with Crippen LogP contribution < -0.4 is 19.5 Å². The van der Waals surface area contributed by atoms with Gasteiger partial charge in [-0.2, -0.15) is 0 Å². The van der Waals surface area contributed by atoms with Crippen molar-refractivity contribution in [3.8, 4) is 17.2 Å². The van der Waals surface area contributed by atoms with E-state index in [1.54, 1.807) is 12.1 Å². The van der Waals surface area contributed by atoms with Crippen molar-refractivity contribution >= 4 is 21.4 Å². The van der Waals surface area contributed by atoms with E-state index in [0.29, 0.717) is 36.1 Å². The molecule has 1 aliphatic rings. The molecule has 162 valence electrons. The molecule has 3 rings (SSSR count). The first kappa shape index (κ1) is 22.0. The van der Waals surface area contributed by atoms with Gasteiger partial charge in [0.25, 0.3) is 0 Å². The highest BCUT2D eigenvalue weighted by molar-refractivity contribution is 7.91. The summed E-state index contributed by atoms with van der Waals surface area (Å²) in [6.07, 6.45) is -0.181. The van der Waals surface area contributed by atoms with Gasteiger partial charge in [-0.15, -0.1) is 0 Å². The Bertz CT molecular complexity index is 1040. The van der Waals surface area contributed by atoms with E-state index in [2.05, 4.69) is 26.1 Å². The maximum atomic E-state index is 12.7. The van der Waals surface area contributed by atoms with E-state index in [9.17, 15) is 13.2 Å². The summed E-state index contributed by atoms with van der Waals surface area (Å²) in [5, 5.41) is 2.77. The van der Waals surface area contributed by atoms with Gasteiger partial charge in [0.15, 0.2) is 21.3 Å². The number of carbonyl (C=O) groups excluding carboxylic acids is 1. The molecule has 0 saturated carbocycles. The number of amides is 1. The van der Waals surface area contributed by atoms with Crippen molar-refractivity contribution in [1.29, 1.82) is 0 Å². The van der Waals surface area contributed by atoms with Crippen molar-refractivity contribution in [2.24, 2.45) is 0 Å². The summed E-state index contributed by atoms with van der Waals surface area (Å²) >= 11 is 0. The van der Waals surface area contributed by atoms with Crippen molar-refractivity contribution in [3.63, 3.8) is 0 Å². The highest BCUT2D eigenvalue weighted by atomic mass is 32.2. The van der Waals surface area contributed by atoms with Gasteiger partial charge in [0, 0.05) is 12.5 Å². The molecule has 1 N–H and O–H groups in total. The van der Waals surface area contributed by atoms with E-state index >= 15 is 0 Å². The highest BCUT2D eigenvalue weighted by Crippen LogP contribution is 2.33. The number of methoxy groups -OCH3 is 1. The summed E-state index contributed by atoms with van der Waals surface area (Å²) in [6, 6.07) is 10.1. The van der Waals surface area contributed by atoms with Gasteiger partial charge in [0.2, 0.25) is 5.91 Å². The molecule has 0 bridgehead atoms. The third kappa shape index (κ3) is 5.05. The Kier molecular flexibility index (Phi) is 6.26. The van der Waals surface area contributed by atoms with Gasteiger partial charge in [-0.3, -0.25) is 4.79 Å². The van der Waals surface area contributed by atoms with Crippen molar-refractivity contribution in [2.45, 2.75) is 37.5 Å². The van der Waals surface area contributed by atoms with Crippen LogP contribution in [-0.4, -0.2) is 40.4 Å². The van der Waals surface area contributed by atoms with Crippen molar-refractivity contribution in [1.82, 2.24) is 0 Å². The molecule has 0 aliphatic carbocycles. The summed E-state index contributed by atoms with van der Waals surface area (Å²) in [5.41, 5.74) is 1.45. The van der Waals surface area contributed by atoms with Gasteiger partial charge in [-0.05, 0) is 35.2 Å². The number of nitrogens with one attached hydrogen (secondary N) is 1. The third-order valence-electron chi connectivity index (χ3n) is 4.81. The molecule has 7 nitrogen and oxygen atoms in total. The maximum Gasteiger partial charge on any atom is 0.225 e. The number of ether oxygens (including phenoxy) is 3. The van der Waals surface area contributed by atoms with Crippen LogP contribution in [0, 0.1) is 0 Å².